The number of benzene rings is 2. The monoisotopic (exact) mass is 478 g/mol. The number of nitrogens with one attached hydrogen (secondary N) is 1. The van der Waals surface area contributed by atoms with E-state index in [1.54, 1.807) is 30.6 Å². The minimum absolute atomic E-state index is 0.189. The first-order valence-corrected chi connectivity index (χ1v) is 11.4. The van der Waals surface area contributed by atoms with Crippen LogP contribution in [0.4, 0.5) is 5.95 Å². The quantitative estimate of drug-likeness (QED) is 0.455. The zero-order chi connectivity index (χ0) is 24.7. The highest BCUT2D eigenvalue weighted by Crippen LogP contribution is 2.45. The number of methoxy groups -OCH3 is 2. The molecule has 2 heterocycles. The van der Waals surface area contributed by atoms with Gasteiger partial charge in [-0.25, -0.2) is 14.8 Å². The number of rotatable bonds is 6. The molecule has 182 valence electrons. The number of hydrogen-bond donors (Lipinski definition) is 3. The first kappa shape index (κ1) is 22.9. The Morgan fingerprint density at radius 3 is 2.34 bits per heavy atom. The van der Waals surface area contributed by atoms with Crippen LogP contribution in [-0.4, -0.2) is 53.3 Å². The number of aromatic nitrogens is 2. The number of amides is 1. The first-order chi connectivity index (χ1) is 16.9. The minimum atomic E-state index is -1.18. The van der Waals surface area contributed by atoms with Crippen LogP contribution in [0.2, 0.25) is 0 Å². The van der Waals surface area contributed by atoms with Crippen LogP contribution in [-0.2, 0) is 9.53 Å². The van der Waals surface area contributed by atoms with Crippen molar-refractivity contribution in [2.45, 2.75) is 43.9 Å². The molecule has 1 unspecified atom stereocenters. The van der Waals surface area contributed by atoms with Gasteiger partial charge in [-0.2, -0.15) is 0 Å². The van der Waals surface area contributed by atoms with Crippen molar-refractivity contribution in [1.82, 2.24) is 9.97 Å². The largest absolute Gasteiger partial charge is 0.493 e. The molecule has 1 aromatic heterocycles. The van der Waals surface area contributed by atoms with Crippen molar-refractivity contribution in [1.29, 1.82) is 0 Å². The summed E-state index contributed by atoms with van der Waals surface area (Å²) in [6.07, 6.45) is 4.99. The molecule has 5 rings (SSSR count). The predicted molar refractivity (Wildman–Crippen MR) is 127 cm³/mol. The Bertz CT molecular complexity index is 1300. The van der Waals surface area contributed by atoms with Gasteiger partial charge in [0.2, 0.25) is 12.1 Å². The van der Waals surface area contributed by atoms with Gasteiger partial charge in [0.15, 0.2) is 11.5 Å². The fourth-order valence-electron chi connectivity index (χ4n) is 4.85. The number of nitrogens with zero attached hydrogens (tertiary/aromatic N) is 2. The van der Waals surface area contributed by atoms with Crippen LogP contribution in [0.1, 0.15) is 47.7 Å². The molecular formula is C25H26N4O6. The van der Waals surface area contributed by atoms with E-state index < -0.39 is 18.0 Å². The number of primary amides is 1. The lowest BCUT2D eigenvalue weighted by molar-refractivity contribution is -0.126. The van der Waals surface area contributed by atoms with Crippen LogP contribution < -0.4 is 20.5 Å². The second-order valence-corrected chi connectivity index (χ2v) is 8.78. The fourth-order valence-corrected chi connectivity index (χ4v) is 4.85. The maximum Gasteiger partial charge on any atom is 0.340 e. The SMILES string of the molecule is COc1cc2cc3c(c(-c4cnc(NC5CCC(O)CC5)nc4)c2cc1OC)C(=O)OC3C(N)=O. The molecule has 1 saturated carbocycles. The molecule has 1 aliphatic heterocycles. The molecule has 2 aliphatic rings. The smallest absolute Gasteiger partial charge is 0.340 e. The lowest BCUT2D eigenvalue weighted by Gasteiger charge is -2.26. The van der Waals surface area contributed by atoms with E-state index in [1.165, 1.54) is 14.2 Å². The number of carbonyl (C=O) groups excluding carboxylic acids is 2. The Morgan fingerprint density at radius 2 is 1.71 bits per heavy atom. The molecule has 1 atom stereocenters. The summed E-state index contributed by atoms with van der Waals surface area (Å²) in [6.45, 7) is 0. The first-order valence-electron chi connectivity index (χ1n) is 11.4. The van der Waals surface area contributed by atoms with Gasteiger partial charge in [-0.3, -0.25) is 4.79 Å². The highest BCUT2D eigenvalue weighted by atomic mass is 16.6. The number of nitrogens with two attached hydrogens (primary N) is 1. The Balaban J connectivity index is 1.62. The summed E-state index contributed by atoms with van der Waals surface area (Å²) in [5, 5.41) is 14.4. The van der Waals surface area contributed by atoms with E-state index in [-0.39, 0.29) is 17.7 Å². The van der Waals surface area contributed by atoms with Gasteiger partial charge in [0.05, 0.1) is 25.9 Å². The van der Waals surface area contributed by atoms with Crippen molar-refractivity contribution in [3.8, 4) is 22.6 Å². The zero-order valence-electron chi connectivity index (χ0n) is 19.4. The molecular weight excluding hydrogens is 452 g/mol. The molecule has 1 amide bonds. The Morgan fingerprint density at radius 1 is 1.06 bits per heavy atom. The molecule has 4 N–H and O–H groups in total. The van der Waals surface area contributed by atoms with Crippen molar-refractivity contribution in [2.24, 2.45) is 5.73 Å². The molecule has 2 aromatic carbocycles. The van der Waals surface area contributed by atoms with Gasteiger partial charge in [-0.05, 0) is 54.7 Å². The Kier molecular flexibility index (Phi) is 5.89. The lowest BCUT2D eigenvalue weighted by Crippen LogP contribution is -2.28. The van der Waals surface area contributed by atoms with E-state index in [0.717, 1.165) is 25.7 Å². The number of aliphatic hydroxyl groups excluding tert-OH is 1. The summed E-state index contributed by atoms with van der Waals surface area (Å²) >= 11 is 0. The van der Waals surface area contributed by atoms with E-state index in [2.05, 4.69) is 15.3 Å². The summed E-state index contributed by atoms with van der Waals surface area (Å²) in [5.41, 5.74) is 7.26. The maximum atomic E-state index is 12.9. The second-order valence-electron chi connectivity index (χ2n) is 8.78. The summed E-state index contributed by atoms with van der Waals surface area (Å²) in [5.74, 6) is 0.0523. The predicted octanol–water partition coefficient (Wildman–Crippen LogP) is 2.73. The van der Waals surface area contributed by atoms with E-state index in [9.17, 15) is 14.7 Å². The number of anilines is 1. The Hall–Kier alpha value is -3.92. The Labute approximate surface area is 201 Å². The molecule has 1 fully saturated rings. The van der Waals surface area contributed by atoms with Gasteiger partial charge in [0, 0.05) is 35.1 Å². The second kappa shape index (κ2) is 9.03. The van der Waals surface area contributed by atoms with Gasteiger partial charge >= 0.3 is 5.97 Å². The molecule has 0 bridgehead atoms. The zero-order valence-corrected chi connectivity index (χ0v) is 19.4. The van der Waals surface area contributed by atoms with Gasteiger partial charge in [-0.15, -0.1) is 0 Å². The fraction of sp³-hybridized carbons (Fsp3) is 0.360. The van der Waals surface area contributed by atoms with E-state index in [4.69, 9.17) is 19.9 Å². The van der Waals surface area contributed by atoms with Gasteiger partial charge in [0.25, 0.3) is 5.91 Å². The van der Waals surface area contributed by atoms with Crippen LogP contribution >= 0.6 is 0 Å². The maximum absolute atomic E-state index is 12.9. The van der Waals surface area contributed by atoms with Crippen molar-refractivity contribution < 1.29 is 28.9 Å². The van der Waals surface area contributed by atoms with Crippen molar-refractivity contribution in [3.05, 3.63) is 41.7 Å². The molecule has 0 saturated heterocycles. The van der Waals surface area contributed by atoms with Crippen molar-refractivity contribution in [2.75, 3.05) is 19.5 Å². The highest BCUT2D eigenvalue weighted by molar-refractivity contribution is 6.13. The van der Waals surface area contributed by atoms with Crippen LogP contribution in [0.15, 0.2) is 30.6 Å². The number of esters is 1. The van der Waals surface area contributed by atoms with Crippen molar-refractivity contribution >= 4 is 28.6 Å². The minimum Gasteiger partial charge on any atom is -0.493 e. The summed E-state index contributed by atoms with van der Waals surface area (Å²) in [4.78, 5) is 33.9. The average molecular weight is 479 g/mol. The van der Waals surface area contributed by atoms with E-state index in [0.29, 0.717) is 44.9 Å². The van der Waals surface area contributed by atoms with Crippen molar-refractivity contribution in [3.63, 3.8) is 0 Å². The van der Waals surface area contributed by atoms with E-state index in [1.807, 2.05) is 0 Å². The summed E-state index contributed by atoms with van der Waals surface area (Å²) in [6, 6.07) is 5.44. The summed E-state index contributed by atoms with van der Waals surface area (Å²) < 4.78 is 16.2. The molecule has 10 nitrogen and oxygen atoms in total. The van der Waals surface area contributed by atoms with Gasteiger partial charge in [0.1, 0.15) is 0 Å². The van der Waals surface area contributed by atoms with Crippen LogP contribution in [0.5, 0.6) is 11.5 Å². The molecule has 10 heteroatoms. The van der Waals surface area contributed by atoms with Crippen LogP contribution in [0.3, 0.4) is 0 Å². The highest BCUT2D eigenvalue weighted by Gasteiger charge is 2.38. The van der Waals surface area contributed by atoms with E-state index >= 15 is 0 Å². The average Bonchev–Trinajstić information content (AvgIpc) is 3.20. The molecule has 0 radical (unpaired) electrons. The standard InChI is InChI=1S/C25H26N4O6/c1-33-18-8-12-7-17-21(24(32)35-22(17)23(26)31)20(16(12)9-19(18)34-2)13-10-27-25(28-11-13)29-14-3-5-15(30)6-4-14/h7-11,14-15,22,30H,3-6H2,1-2H3,(H2,26,31)(H,27,28,29). The third-order valence-electron chi connectivity index (χ3n) is 6.62. The number of ether oxygens (including phenoxy) is 3. The van der Waals surface area contributed by atoms with Gasteiger partial charge < -0.3 is 30.4 Å². The molecule has 35 heavy (non-hydrogen) atoms. The molecule has 3 aromatic rings. The number of hydrogen-bond acceptors (Lipinski definition) is 9. The number of fused-ring (bicyclic) bond motifs is 2. The van der Waals surface area contributed by atoms with Crippen LogP contribution in [0, 0.1) is 0 Å². The number of cyclic esters (lactones) is 1. The molecule has 0 spiro atoms. The third kappa shape index (κ3) is 4.10. The number of carbonyl (C=O) groups is 2. The van der Waals surface area contributed by atoms with Gasteiger partial charge in [-0.1, -0.05) is 0 Å². The molecule has 1 aliphatic carbocycles. The third-order valence-corrected chi connectivity index (χ3v) is 6.62. The topological polar surface area (TPSA) is 146 Å². The van der Waals surface area contributed by atoms with Crippen LogP contribution in [0.25, 0.3) is 21.9 Å². The lowest BCUT2D eigenvalue weighted by atomic mass is 9.89. The number of aliphatic hydroxyl groups is 1. The summed E-state index contributed by atoms with van der Waals surface area (Å²) in [7, 11) is 3.06. The normalized spacial score (nSPS) is 21.3.